The monoisotopic (exact) mass is 472 g/mol. The fourth-order valence-electron chi connectivity index (χ4n) is 6.29. The van der Waals surface area contributed by atoms with Crippen molar-refractivity contribution in [1.82, 2.24) is 24.4 Å². The number of rotatable bonds is 4. The van der Waals surface area contributed by atoms with Crippen molar-refractivity contribution in [3.8, 4) is 0 Å². The van der Waals surface area contributed by atoms with E-state index in [1.807, 2.05) is 0 Å². The summed E-state index contributed by atoms with van der Waals surface area (Å²) in [7, 11) is 0. The molecule has 0 unspecified atom stereocenters. The number of imidazole rings is 1. The van der Waals surface area contributed by atoms with Gasteiger partial charge in [0.25, 0.3) is 0 Å². The lowest BCUT2D eigenvalue weighted by molar-refractivity contribution is -0.137. The predicted octanol–water partition coefficient (Wildman–Crippen LogP) is 4.25. The first kappa shape index (κ1) is 22.5. The summed E-state index contributed by atoms with van der Waals surface area (Å²) in [6.45, 7) is 4.43. The summed E-state index contributed by atoms with van der Waals surface area (Å²) < 4.78 is 2.29. The Balaban J connectivity index is 1.12. The van der Waals surface area contributed by atoms with E-state index in [0.717, 1.165) is 94.1 Å². The molecule has 2 aromatic heterocycles. The summed E-state index contributed by atoms with van der Waals surface area (Å²) in [4.78, 5) is 32.2. The second kappa shape index (κ2) is 9.96. The molecule has 7 nitrogen and oxygen atoms in total. The van der Waals surface area contributed by atoms with Gasteiger partial charge in [-0.15, -0.1) is 0 Å². The average molecular weight is 473 g/mol. The molecule has 1 aromatic carbocycles. The van der Waals surface area contributed by atoms with E-state index in [0.29, 0.717) is 11.8 Å². The lowest BCUT2D eigenvalue weighted by Crippen LogP contribution is -2.47. The summed E-state index contributed by atoms with van der Waals surface area (Å²) in [6, 6.07) is 10.8. The highest BCUT2D eigenvalue weighted by Gasteiger charge is 2.33. The smallest absolute Gasteiger partial charge is 0.227 e. The van der Waals surface area contributed by atoms with E-state index in [9.17, 15) is 4.79 Å². The minimum atomic E-state index is 0.0416. The van der Waals surface area contributed by atoms with Crippen LogP contribution in [0.4, 0.5) is 5.82 Å². The number of carbonyl (C=O) groups excluding carboxylic acids is 1. The van der Waals surface area contributed by atoms with Crippen LogP contribution in [0.5, 0.6) is 0 Å². The van der Waals surface area contributed by atoms with Gasteiger partial charge < -0.3 is 14.4 Å². The zero-order valence-corrected chi connectivity index (χ0v) is 20.6. The number of hydrogen-bond donors (Lipinski definition) is 0. The third-order valence-electron chi connectivity index (χ3n) is 8.24. The van der Waals surface area contributed by atoms with Gasteiger partial charge in [-0.2, -0.15) is 0 Å². The van der Waals surface area contributed by atoms with E-state index in [-0.39, 0.29) is 5.92 Å². The van der Waals surface area contributed by atoms with Gasteiger partial charge >= 0.3 is 0 Å². The molecule has 1 atom stereocenters. The molecular weight excluding hydrogens is 436 g/mol. The zero-order valence-electron chi connectivity index (χ0n) is 20.6. The third-order valence-corrected chi connectivity index (χ3v) is 8.24. The van der Waals surface area contributed by atoms with Crippen LogP contribution in [0.1, 0.15) is 56.3 Å². The number of anilines is 1. The van der Waals surface area contributed by atoms with Crippen molar-refractivity contribution in [2.45, 2.75) is 64.3 Å². The summed E-state index contributed by atoms with van der Waals surface area (Å²) in [5.74, 6) is 3.10. The molecule has 1 amide bonds. The van der Waals surface area contributed by atoms with Crippen molar-refractivity contribution in [2.24, 2.45) is 11.8 Å². The van der Waals surface area contributed by atoms with Crippen LogP contribution in [0, 0.1) is 11.8 Å². The Bertz CT molecular complexity index is 1170. The maximum absolute atomic E-state index is 13.5. The Morgan fingerprint density at radius 3 is 2.63 bits per heavy atom. The van der Waals surface area contributed by atoms with Gasteiger partial charge in [0.2, 0.25) is 5.91 Å². The summed E-state index contributed by atoms with van der Waals surface area (Å²) in [5.41, 5.74) is 3.29. The van der Waals surface area contributed by atoms with Crippen LogP contribution < -0.4 is 4.90 Å². The van der Waals surface area contributed by atoms with Crippen LogP contribution in [-0.4, -0.2) is 56.5 Å². The van der Waals surface area contributed by atoms with Gasteiger partial charge in [-0.3, -0.25) is 4.79 Å². The highest BCUT2D eigenvalue weighted by Crippen LogP contribution is 2.31. The number of aromatic nitrogens is 4. The number of fused-ring (bicyclic) bond motifs is 3. The van der Waals surface area contributed by atoms with E-state index >= 15 is 0 Å². The van der Waals surface area contributed by atoms with Gasteiger partial charge in [0, 0.05) is 39.1 Å². The standard InChI is InChI=1S/C28H36N6O/c35-28(32-16-12-22(13-17-32)18-21-8-3-1-4-9-21)23-10-7-14-33(19-23)26-25-27(30-20-29-26)34-15-6-2-5-11-24(34)31-25/h1,3-4,8-9,20,22-23H,2,5-7,10-19H2/t23-/m1/s1. The molecular formula is C28H36N6O. The minimum absolute atomic E-state index is 0.0416. The quantitative estimate of drug-likeness (QED) is 0.568. The normalized spacial score (nSPS) is 21.7. The van der Waals surface area contributed by atoms with Crippen LogP contribution in [0.15, 0.2) is 36.7 Å². The molecule has 6 rings (SSSR count). The number of carbonyl (C=O) groups is 1. The fourth-order valence-corrected chi connectivity index (χ4v) is 6.29. The molecule has 0 N–H and O–H groups in total. The fraction of sp³-hybridized carbons (Fsp3) is 0.571. The Hall–Kier alpha value is -2.96. The van der Waals surface area contributed by atoms with E-state index < -0.39 is 0 Å². The van der Waals surface area contributed by atoms with Crippen LogP contribution in [-0.2, 0) is 24.2 Å². The van der Waals surface area contributed by atoms with Crippen molar-refractivity contribution >= 4 is 22.9 Å². The van der Waals surface area contributed by atoms with Crippen molar-refractivity contribution in [3.63, 3.8) is 0 Å². The number of aryl methyl sites for hydroxylation is 2. The third kappa shape index (κ3) is 4.65. The molecule has 2 fully saturated rings. The van der Waals surface area contributed by atoms with E-state index in [4.69, 9.17) is 4.98 Å². The number of hydrogen-bond acceptors (Lipinski definition) is 5. The van der Waals surface area contributed by atoms with Crippen molar-refractivity contribution in [3.05, 3.63) is 48.0 Å². The SMILES string of the molecule is O=C([C@@H]1CCCN(c2ncnc3c2nc2n3CCCCC2)C1)N1CCC(Cc2ccccc2)CC1. The molecule has 0 aliphatic carbocycles. The van der Waals surface area contributed by atoms with Gasteiger partial charge in [-0.05, 0) is 56.4 Å². The number of nitrogens with zero attached hydrogens (tertiary/aromatic N) is 6. The first-order valence-corrected chi connectivity index (χ1v) is 13.5. The lowest BCUT2D eigenvalue weighted by atomic mass is 9.89. The summed E-state index contributed by atoms with van der Waals surface area (Å²) >= 11 is 0. The molecule has 35 heavy (non-hydrogen) atoms. The molecule has 7 heteroatoms. The highest BCUT2D eigenvalue weighted by atomic mass is 16.2. The van der Waals surface area contributed by atoms with Crippen molar-refractivity contribution in [2.75, 3.05) is 31.1 Å². The maximum atomic E-state index is 13.5. The number of benzene rings is 1. The zero-order chi connectivity index (χ0) is 23.6. The molecule has 0 spiro atoms. The highest BCUT2D eigenvalue weighted by molar-refractivity contribution is 5.85. The van der Waals surface area contributed by atoms with Crippen LogP contribution in [0.2, 0.25) is 0 Å². The first-order chi connectivity index (χ1) is 17.3. The average Bonchev–Trinajstić information content (AvgIpc) is 3.10. The Morgan fingerprint density at radius 2 is 1.77 bits per heavy atom. The minimum Gasteiger partial charge on any atom is -0.354 e. The van der Waals surface area contributed by atoms with E-state index in [1.165, 1.54) is 24.8 Å². The molecule has 3 aromatic rings. The Morgan fingerprint density at radius 1 is 0.914 bits per heavy atom. The lowest BCUT2D eigenvalue weighted by Gasteiger charge is -2.38. The summed E-state index contributed by atoms with van der Waals surface area (Å²) in [6.07, 6.45) is 11.6. The number of likely N-dealkylation sites (tertiary alicyclic amines) is 1. The molecule has 3 aliphatic rings. The predicted molar refractivity (Wildman–Crippen MR) is 137 cm³/mol. The second-order valence-electron chi connectivity index (χ2n) is 10.6. The molecule has 184 valence electrons. The molecule has 0 bridgehead atoms. The Kier molecular flexibility index (Phi) is 6.40. The van der Waals surface area contributed by atoms with Gasteiger partial charge in [0.15, 0.2) is 17.0 Å². The first-order valence-electron chi connectivity index (χ1n) is 13.5. The topological polar surface area (TPSA) is 67.2 Å². The van der Waals surface area contributed by atoms with Crippen LogP contribution >= 0.6 is 0 Å². The van der Waals surface area contributed by atoms with Crippen LogP contribution in [0.25, 0.3) is 11.2 Å². The van der Waals surface area contributed by atoms with Gasteiger partial charge in [0.1, 0.15) is 12.2 Å². The van der Waals surface area contributed by atoms with Gasteiger partial charge in [-0.25, -0.2) is 15.0 Å². The molecule has 3 aliphatic heterocycles. The van der Waals surface area contributed by atoms with Gasteiger partial charge in [-0.1, -0.05) is 36.8 Å². The van der Waals surface area contributed by atoms with Gasteiger partial charge in [0.05, 0.1) is 5.92 Å². The van der Waals surface area contributed by atoms with E-state index in [2.05, 4.69) is 54.7 Å². The van der Waals surface area contributed by atoms with Crippen LogP contribution in [0.3, 0.4) is 0 Å². The number of amides is 1. The molecule has 2 saturated heterocycles. The van der Waals surface area contributed by atoms with E-state index in [1.54, 1.807) is 6.33 Å². The number of piperidine rings is 2. The molecule has 0 radical (unpaired) electrons. The molecule has 5 heterocycles. The van der Waals surface area contributed by atoms with Crippen molar-refractivity contribution < 1.29 is 4.79 Å². The van der Waals surface area contributed by atoms with Crippen molar-refractivity contribution in [1.29, 1.82) is 0 Å². The second-order valence-corrected chi connectivity index (χ2v) is 10.6. The largest absolute Gasteiger partial charge is 0.354 e. The summed E-state index contributed by atoms with van der Waals surface area (Å²) in [5, 5.41) is 0. The molecule has 0 saturated carbocycles. The maximum Gasteiger partial charge on any atom is 0.227 e. The Labute approximate surface area is 207 Å².